The van der Waals surface area contributed by atoms with Gasteiger partial charge in [-0.2, -0.15) is 5.10 Å². The molecular weight excluding hydrogens is 302 g/mol. The molecule has 1 heterocycles. The zero-order valence-electron chi connectivity index (χ0n) is 13.6. The van der Waals surface area contributed by atoms with Crippen molar-refractivity contribution in [1.82, 2.24) is 15.2 Å². The Kier molecular flexibility index (Phi) is 5.08. The van der Waals surface area contributed by atoms with E-state index in [0.29, 0.717) is 18.8 Å². The highest BCUT2D eigenvalue weighted by Gasteiger charge is 2.12. The molecule has 0 amide bonds. The van der Waals surface area contributed by atoms with E-state index in [9.17, 15) is 0 Å². The maximum atomic E-state index is 6.20. The topological polar surface area (TPSA) is 88.8 Å². The molecule has 0 fully saturated rings. The first-order valence-corrected chi connectivity index (χ1v) is 7.83. The summed E-state index contributed by atoms with van der Waals surface area (Å²) in [5.41, 5.74) is 8.36. The summed E-state index contributed by atoms with van der Waals surface area (Å²) in [5, 5.41) is 10.5. The quantitative estimate of drug-likeness (QED) is 0.622. The lowest BCUT2D eigenvalue weighted by molar-refractivity contribution is 0.415. The van der Waals surface area contributed by atoms with Crippen LogP contribution >= 0.6 is 0 Å². The number of nitrogens with two attached hydrogens (primary N) is 1. The number of aromatic amines is 1. The number of H-pyrrole nitrogens is 1. The van der Waals surface area contributed by atoms with Crippen LogP contribution in [0.4, 0.5) is 5.69 Å². The Morgan fingerprint density at radius 3 is 2.58 bits per heavy atom. The minimum Gasteiger partial charge on any atom is -0.497 e. The van der Waals surface area contributed by atoms with E-state index >= 15 is 0 Å². The molecule has 0 aliphatic carbocycles. The molecule has 124 valence electrons. The molecule has 0 aliphatic heterocycles. The van der Waals surface area contributed by atoms with Gasteiger partial charge in [-0.15, -0.1) is 0 Å². The van der Waals surface area contributed by atoms with E-state index < -0.39 is 0 Å². The predicted molar refractivity (Wildman–Crippen MR) is 93.8 cm³/mol. The van der Waals surface area contributed by atoms with E-state index in [1.807, 2.05) is 42.5 Å². The minimum absolute atomic E-state index is 0.224. The largest absolute Gasteiger partial charge is 0.497 e. The number of rotatable bonds is 7. The number of benzene rings is 2. The van der Waals surface area contributed by atoms with Gasteiger partial charge in [0.15, 0.2) is 5.82 Å². The number of hydrogen-bond acceptors (Lipinski definition) is 5. The summed E-state index contributed by atoms with van der Waals surface area (Å²) in [5.74, 6) is 2.21. The van der Waals surface area contributed by atoms with Crippen molar-refractivity contribution >= 4 is 5.69 Å². The minimum atomic E-state index is -0.224. The molecule has 0 saturated carbocycles. The van der Waals surface area contributed by atoms with Crippen molar-refractivity contribution in [2.45, 2.75) is 19.0 Å². The van der Waals surface area contributed by atoms with Gasteiger partial charge in [-0.3, -0.25) is 5.10 Å². The first-order chi connectivity index (χ1) is 11.7. The lowest BCUT2D eigenvalue weighted by Crippen LogP contribution is -2.15. The molecule has 3 rings (SSSR count). The smallest absolute Gasteiger partial charge is 0.167 e. The maximum absolute atomic E-state index is 6.20. The van der Waals surface area contributed by atoms with E-state index in [2.05, 4.69) is 32.6 Å². The molecule has 6 heteroatoms. The molecule has 4 N–H and O–H groups in total. The Bertz CT molecular complexity index is 755. The summed E-state index contributed by atoms with van der Waals surface area (Å²) in [6, 6.07) is 17.6. The van der Waals surface area contributed by atoms with Crippen molar-refractivity contribution in [2.75, 3.05) is 12.4 Å². The average molecular weight is 323 g/mol. The molecule has 2 aromatic carbocycles. The number of hydrogen-bond donors (Lipinski definition) is 3. The first kappa shape index (κ1) is 16.0. The van der Waals surface area contributed by atoms with Gasteiger partial charge < -0.3 is 15.8 Å². The molecule has 3 aromatic rings. The van der Waals surface area contributed by atoms with Crippen LogP contribution in [0.3, 0.4) is 0 Å². The van der Waals surface area contributed by atoms with Crippen LogP contribution in [-0.4, -0.2) is 22.3 Å². The Morgan fingerprint density at radius 1 is 1.12 bits per heavy atom. The second kappa shape index (κ2) is 7.61. The third kappa shape index (κ3) is 4.11. The van der Waals surface area contributed by atoms with E-state index in [1.54, 1.807) is 7.11 Å². The van der Waals surface area contributed by atoms with Gasteiger partial charge >= 0.3 is 0 Å². The van der Waals surface area contributed by atoms with Gasteiger partial charge in [0.2, 0.25) is 0 Å². The van der Waals surface area contributed by atoms with Gasteiger partial charge in [0.05, 0.1) is 19.7 Å². The normalized spacial score (nSPS) is 11.9. The molecule has 1 aromatic heterocycles. The molecule has 0 unspecified atom stereocenters. The summed E-state index contributed by atoms with van der Waals surface area (Å²) in [6.07, 6.45) is 0.712. The van der Waals surface area contributed by atoms with Crippen molar-refractivity contribution in [2.24, 2.45) is 5.73 Å². The van der Waals surface area contributed by atoms with E-state index in [-0.39, 0.29) is 6.04 Å². The van der Waals surface area contributed by atoms with Crippen LogP contribution in [-0.2, 0) is 13.0 Å². The van der Waals surface area contributed by atoms with Gasteiger partial charge in [0.1, 0.15) is 11.6 Å². The van der Waals surface area contributed by atoms with Gasteiger partial charge in [-0.25, -0.2) is 4.98 Å². The summed E-state index contributed by atoms with van der Waals surface area (Å²) in [4.78, 5) is 4.48. The molecule has 0 aliphatic rings. The molecule has 0 spiro atoms. The second-order valence-electron chi connectivity index (χ2n) is 5.52. The molecule has 0 bridgehead atoms. The Labute approximate surface area is 141 Å². The Morgan fingerprint density at radius 2 is 1.88 bits per heavy atom. The van der Waals surface area contributed by atoms with Crippen molar-refractivity contribution in [3.8, 4) is 5.75 Å². The average Bonchev–Trinajstić information content (AvgIpc) is 3.10. The fourth-order valence-electron chi connectivity index (χ4n) is 2.41. The SMILES string of the molecule is COc1ccc(NCc2nc([C@@H](N)Cc3ccccc3)n[nH]2)cc1. The fourth-order valence-corrected chi connectivity index (χ4v) is 2.41. The monoisotopic (exact) mass is 323 g/mol. The zero-order chi connectivity index (χ0) is 16.8. The predicted octanol–water partition coefficient (Wildman–Crippen LogP) is 2.67. The zero-order valence-corrected chi connectivity index (χ0v) is 13.6. The van der Waals surface area contributed by atoms with Crippen LogP contribution in [0.2, 0.25) is 0 Å². The van der Waals surface area contributed by atoms with E-state index in [0.717, 1.165) is 17.3 Å². The highest BCUT2D eigenvalue weighted by atomic mass is 16.5. The summed E-state index contributed by atoms with van der Waals surface area (Å²) < 4.78 is 5.14. The molecule has 0 saturated heterocycles. The Hall–Kier alpha value is -2.86. The number of nitrogens with one attached hydrogen (secondary N) is 2. The van der Waals surface area contributed by atoms with Gasteiger partial charge in [0, 0.05) is 5.69 Å². The van der Waals surface area contributed by atoms with Crippen molar-refractivity contribution in [3.05, 3.63) is 71.8 Å². The number of ether oxygens (including phenoxy) is 1. The second-order valence-corrected chi connectivity index (χ2v) is 5.52. The fraction of sp³-hybridized carbons (Fsp3) is 0.222. The number of nitrogens with zero attached hydrogens (tertiary/aromatic N) is 2. The van der Waals surface area contributed by atoms with Crippen LogP contribution in [0.5, 0.6) is 5.75 Å². The van der Waals surface area contributed by atoms with Crippen LogP contribution in [0.15, 0.2) is 54.6 Å². The number of aromatic nitrogens is 3. The van der Waals surface area contributed by atoms with Crippen LogP contribution in [0.1, 0.15) is 23.3 Å². The van der Waals surface area contributed by atoms with Crippen LogP contribution < -0.4 is 15.8 Å². The van der Waals surface area contributed by atoms with Crippen molar-refractivity contribution < 1.29 is 4.74 Å². The molecular formula is C18H21N5O. The number of anilines is 1. The molecule has 0 radical (unpaired) electrons. The third-order valence-electron chi connectivity index (χ3n) is 3.73. The standard InChI is InChI=1S/C18H21N5O/c1-24-15-9-7-14(8-10-15)20-12-17-21-18(23-22-17)16(19)11-13-5-3-2-4-6-13/h2-10,16,20H,11-12,19H2,1H3,(H,21,22,23)/t16-/m0/s1. The van der Waals surface area contributed by atoms with Gasteiger partial charge in [-0.05, 0) is 36.2 Å². The number of methoxy groups -OCH3 is 1. The summed E-state index contributed by atoms with van der Waals surface area (Å²) >= 11 is 0. The van der Waals surface area contributed by atoms with E-state index in [1.165, 1.54) is 5.56 Å². The van der Waals surface area contributed by atoms with Crippen molar-refractivity contribution in [3.63, 3.8) is 0 Å². The summed E-state index contributed by atoms with van der Waals surface area (Å²) in [7, 11) is 1.65. The lowest BCUT2D eigenvalue weighted by atomic mass is 10.1. The third-order valence-corrected chi connectivity index (χ3v) is 3.73. The van der Waals surface area contributed by atoms with Gasteiger partial charge in [-0.1, -0.05) is 30.3 Å². The molecule has 6 nitrogen and oxygen atoms in total. The first-order valence-electron chi connectivity index (χ1n) is 7.83. The lowest BCUT2D eigenvalue weighted by Gasteiger charge is -2.07. The summed E-state index contributed by atoms with van der Waals surface area (Å²) in [6.45, 7) is 0.553. The van der Waals surface area contributed by atoms with E-state index in [4.69, 9.17) is 10.5 Å². The highest BCUT2D eigenvalue weighted by molar-refractivity contribution is 5.46. The van der Waals surface area contributed by atoms with Crippen LogP contribution in [0.25, 0.3) is 0 Å². The van der Waals surface area contributed by atoms with Crippen LogP contribution in [0, 0.1) is 0 Å². The maximum Gasteiger partial charge on any atom is 0.167 e. The highest BCUT2D eigenvalue weighted by Crippen LogP contribution is 2.16. The molecule has 24 heavy (non-hydrogen) atoms. The Balaban J connectivity index is 1.56. The van der Waals surface area contributed by atoms with Crippen molar-refractivity contribution in [1.29, 1.82) is 0 Å². The molecule has 1 atom stereocenters. The van der Waals surface area contributed by atoms with Gasteiger partial charge in [0.25, 0.3) is 0 Å².